The molecule has 1 saturated heterocycles. The Morgan fingerprint density at radius 1 is 1.00 bits per heavy atom. The first kappa shape index (κ1) is 20.4. The molecular formula is C24H26N6O2. The van der Waals surface area contributed by atoms with Gasteiger partial charge in [-0.2, -0.15) is 4.68 Å². The number of carbonyl (C=O) groups is 1. The van der Waals surface area contributed by atoms with Crippen LogP contribution in [0.1, 0.15) is 28.3 Å². The minimum absolute atomic E-state index is 0.0367. The third kappa shape index (κ3) is 3.89. The highest BCUT2D eigenvalue weighted by molar-refractivity contribution is 5.89. The zero-order valence-electron chi connectivity index (χ0n) is 18.3. The number of tetrazole rings is 1. The van der Waals surface area contributed by atoms with E-state index in [0.29, 0.717) is 32.3 Å². The minimum Gasteiger partial charge on any atom is -0.378 e. The maximum atomic E-state index is 13.1. The van der Waals surface area contributed by atoms with Crippen LogP contribution in [0.4, 0.5) is 5.95 Å². The summed E-state index contributed by atoms with van der Waals surface area (Å²) in [5, 5.41) is 12.5. The number of fused-ring (bicyclic) bond motifs is 1. The van der Waals surface area contributed by atoms with Gasteiger partial charge in [0.15, 0.2) is 0 Å². The van der Waals surface area contributed by atoms with Gasteiger partial charge in [-0.15, -0.1) is 0 Å². The van der Waals surface area contributed by atoms with Crippen LogP contribution in [0.25, 0.3) is 5.70 Å². The minimum atomic E-state index is -0.161. The van der Waals surface area contributed by atoms with E-state index in [-0.39, 0.29) is 18.5 Å². The maximum Gasteiger partial charge on any atom is 0.251 e. The number of aromatic nitrogens is 4. The van der Waals surface area contributed by atoms with Crippen molar-refractivity contribution in [2.24, 2.45) is 0 Å². The lowest BCUT2D eigenvalue weighted by atomic mass is 9.99. The van der Waals surface area contributed by atoms with Crippen molar-refractivity contribution in [2.45, 2.75) is 19.9 Å². The highest BCUT2D eigenvalue weighted by Gasteiger charge is 2.33. The normalized spacial score (nSPS) is 18.3. The van der Waals surface area contributed by atoms with E-state index in [9.17, 15) is 4.79 Å². The van der Waals surface area contributed by atoms with Crippen molar-refractivity contribution >= 4 is 17.6 Å². The summed E-state index contributed by atoms with van der Waals surface area (Å²) in [5.41, 5.74) is 5.42. The summed E-state index contributed by atoms with van der Waals surface area (Å²) in [6.07, 6.45) is 2.14. The number of amides is 1. The third-order valence-electron chi connectivity index (χ3n) is 6.01. The van der Waals surface area contributed by atoms with Crippen LogP contribution < -0.4 is 4.90 Å². The van der Waals surface area contributed by atoms with Gasteiger partial charge in [-0.1, -0.05) is 64.8 Å². The number of rotatable bonds is 4. The topological polar surface area (TPSA) is 76.4 Å². The molecule has 2 aliphatic rings. The molecule has 0 aliphatic carbocycles. The number of allylic oxidation sites excluding steroid dienone is 1. The summed E-state index contributed by atoms with van der Waals surface area (Å²) in [5.74, 6) is 0.602. The summed E-state index contributed by atoms with van der Waals surface area (Å²) >= 11 is 0. The molecule has 2 aliphatic heterocycles. The quantitative estimate of drug-likeness (QED) is 0.633. The summed E-state index contributed by atoms with van der Waals surface area (Å²) in [7, 11) is 0. The van der Waals surface area contributed by atoms with Gasteiger partial charge in [0.25, 0.3) is 5.95 Å². The molecule has 1 atom stereocenters. The largest absolute Gasteiger partial charge is 0.378 e. The van der Waals surface area contributed by atoms with E-state index in [0.717, 1.165) is 16.8 Å². The van der Waals surface area contributed by atoms with Crippen molar-refractivity contribution in [3.63, 3.8) is 0 Å². The predicted octanol–water partition coefficient (Wildman–Crippen LogP) is 2.60. The number of carbonyl (C=O) groups excluding carboxylic acids is 1. The molecule has 1 unspecified atom stereocenters. The fourth-order valence-electron chi connectivity index (χ4n) is 4.15. The van der Waals surface area contributed by atoms with Crippen LogP contribution in [-0.2, 0) is 9.53 Å². The van der Waals surface area contributed by atoms with Crippen molar-refractivity contribution in [1.82, 2.24) is 25.1 Å². The second-order valence-electron chi connectivity index (χ2n) is 8.28. The highest BCUT2D eigenvalue weighted by Crippen LogP contribution is 2.36. The van der Waals surface area contributed by atoms with Gasteiger partial charge in [-0.25, -0.2) is 0 Å². The lowest BCUT2D eigenvalue weighted by Gasteiger charge is -2.35. The second kappa shape index (κ2) is 8.55. The molecule has 3 heterocycles. The van der Waals surface area contributed by atoms with Crippen LogP contribution in [0.15, 0.2) is 54.6 Å². The van der Waals surface area contributed by atoms with E-state index in [1.54, 1.807) is 4.68 Å². The molecule has 1 fully saturated rings. The van der Waals surface area contributed by atoms with E-state index in [1.807, 2.05) is 9.80 Å². The Hall–Kier alpha value is -3.52. The fourth-order valence-corrected chi connectivity index (χ4v) is 4.15. The van der Waals surface area contributed by atoms with Gasteiger partial charge in [-0.05, 0) is 41.5 Å². The average Bonchev–Trinajstić information content (AvgIpc) is 3.31. The fraction of sp³-hybridized carbons (Fsp3) is 0.333. The molecule has 3 aromatic rings. The molecule has 1 aromatic heterocycles. The Balaban J connectivity index is 1.56. The van der Waals surface area contributed by atoms with Crippen molar-refractivity contribution in [2.75, 3.05) is 37.7 Å². The Morgan fingerprint density at radius 2 is 1.66 bits per heavy atom. The second-order valence-corrected chi connectivity index (χ2v) is 8.28. The zero-order chi connectivity index (χ0) is 22.1. The van der Waals surface area contributed by atoms with Gasteiger partial charge in [0.1, 0.15) is 12.6 Å². The Kier molecular flexibility index (Phi) is 5.45. The van der Waals surface area contributed by atoms with Crippen molar-refractivity contribution < 1.29 is 9.53 Å². The van der Waals surface area contributed by atoms with E-state index in [1.165, 1.54) is 11.1 Å². The Morgan fingerprint density at radius 3 is 2.34 bits per heavy atom. The third-order valence-corrected chi connectivity index (χ3v) is 6.01. The van der Waals surface area contributed by atoms with Crippen molar-refractivity contribution in [1.29, 1.82) is 0 Å². The van der Waals surface area contributed by atoms with Gasteiger partial charge in [0, 0.05) is 13.1 Å². The zero-order valence-corrected chi connectivity index (χ0v) is 18.3. The summed E-state index contributed by atoms with van der Waals surface area (Å²) in [6, 6.07) is 16.5. The first-order valence-corrected chi connectivity index (χ1v) is 10.9. The van der Waals surface area contributed by atoms with Crippen molar-refractivity contribution in [3.05, 3.63) is 76.9 Å². The summed E-state index contributed by atoms with van der Waals surface area (Å²) in [6.45, 7) is 6.65. The number of anilines is 1. The van der Waals surface area contributed by atoms with E-state index < -0.39 is 0 Å². The number of aryl methyl sites for hydroxylation is 2. The predicted molar refractivity (Wildman–Crippen MR) is 121 cm³/mol. The standard InChI is InChI=1S/C24H26N6O2/c1-17-3-7-19(8-4-17)21-15-22(20-9-5-18(2)6-10-20)30-24(25-26-27-30)29(21)16-23(31)28-11-13-32-14-12-28/h3-10,15,22H,11-14,16H2,1-2H3. The Bertz CT molecular complexity index is 1130. The molecule has 2 aromatic carbocycles. The lowest BCUT2D eigenvalue weighted by Crippen LogP contribution is -2.46. The van der Waals surface area contributed by atoms with Crippen LogP contribution in [-0.4, -0.2) is 63.9 Å². The molecule has 32 heavy (non-hydrogen) atoms. The highest BCUT2D eigenvalue weighted by atomic mass is 16.5. The van der Waals surface area contributed by atoms with Crippen LogP contribution in [0.5, 0.6) is 0 Å². The van der Waals surface area contributed by atoms with Gasteiger partial charge < -0.3 is 9.64 Å². The first-order chi connectivity index (χ1) is 15.6. The maximum absolute atomic E-state index is 13.1. The number of benzene rings is 2. The monoisotopic (exact) mass is 430 g/mol. The van der Waals surface area contributed by atoms with E-state index >= 15 is 0 Å². The van der Waals surface area contributed by atoms with Crippen LogP contribution in [0.3, 0.4) is 0 Å². The SMILES string of the molecule is Cc1ccc(C2=CC(c3ccc(C)cc3)n3nnnc3N2CC(=O)N2CCOCC2)cc1. The first-order valence-electron chi connectivity index (χ1n) is 10.9. The number of hydrogen-bond acceptors (Lipinski definition) is 6. The molecule has 5 rings (SSSR count). The molecule has 8 heteroatoms. The summed E-state index contributed by atoms with van der Waals surface area (Å²) in [4.78, 5) is 16.9. The Labute approximate surface area is 187 Å². The average molecular weight is 431 g/mol. The molecule has 1 amide bonds. The molecular weight excluding hydrogens is 404 g/mol. The molecule has 164 valence electrons. The van der Waals surface area contributed by atoms with Gasteiger partial charge >= 0.3 is 0 Å². The molecule has 0 N–H and O–H groups in total. The molecule has 0 bridgehead atoms. The lowest BCUT2D eigenvalue weighted by molar-refractivity contribution is -0.133. The number of morpholine rings is 1. The number of hydrogen-bond donors (Lipinski definition) is 0. The van der Waals surface area contributed by atoms with Crippen LogP contribution in [0, 0.1) is 13.8 Å². The molecule has 0 radical (unpaired) electrons. The van der Waals surface area contributed by atoms with E-state index in [2.05, 4.69) is 84.0 Å². The van der Waals surface area contributed by atoms with E-state index in [4.69, 9.17) is 4.74 Å². The smallest absolute Gasteiger partial charge is 0.251 e. The van der Waals surface area contributed by atoms with Gasteiger partial charge in [-0.3, -0.25) is 9.69 Å². The molecule has 0 spiro atoms. The van der Waals surface area contributed by atoms with Gasteiger partial charge in [0.05, 0.1) is 18.9 Å². The van der Waals surface area contributed by atoms with Crippen molar-refractivity contribution in [3.8, 4) is 0 Å². The number of ether oxygens (including phenoxy) is 1. The molecule has 8 nitrogen and oxygen atoms in total. The van der Waals surface area contributed by atoms with Crippen LogP contribution >= 0.6 is 0 Å². The number of nitrogens with zero attached hydrogens (tertiary/aromatic N) is 6. The summed E-state index contributed by atoms with van der Waals surface area (Å²) < 4.78 is 7.19. The van der Waals surface area contributed by atoms with Crippen LogP contribution in [0.2, 0.25) is 0 Å². The van der Waals surface area contributed by atoms with Gasteiger partial charge in [0.2, 0.25) is 5.91 Å². The molecule has 0 saturated carbocycles.